The van der Waals surface area contributed by atoms with E-state index in [1.165, 1.54) is 6.08 Å². The molecule has 0 aliphatic heterocycles. The molecule has 3 atom stereocenters. The predicted octanol–water partition coefficient (Wildman–Crippen LogP) is 3.61. The Bertz CT molecular complexity index is 387. The zero-order valence-electron chi connectivity index (χ0n) is 10.6. The largest absolute Gasteiger partial charge is 0.478 e. The molecular formula is C14H18F2O2. The fourth-order valence-electron chi connectivity index (χ4n) is 2.15. The van der Waals surface area contributed by atoms with E-state index in [0.717, 1.165) is 0 Å². The van der Waals surface area contributed by atoms with E-state index < -0.39 is 18.3 Å². The number of allylic oxidation sites excluding steroid dienone is 4. The van der Waals surface area contributed by atoms with Crippen LogP contribution in [0.15, 0.2) is 35.5 Å². The van der Waals surface area contributed by atoms with Gasteiger partial charge in [0.1, 0.15) is 12.3 Å². The molecule has 4 heteroatoms. The molecule has 100 valence electrons. The van der Waals surface area contributed by atoms with Crippen LogP contribution in [0.4, 0.5) is 8.78 Å². The van der Waals surface area contributed by atoms with Gasteiger partial charge in [0.15, 0.2) is 0 Å². The summed E-state index contributed by atoms with van der Waals surface area (Å²) in [5.74, 6) is -1.42. The SMILES string of the molecule is C\C=C/C(=C\C)C(=C\C1C[C@@H](F)[C@@H](F)C1)/C(=O)O. The van der Waals surface area contributed by atoms with Crippen LogP contribution in [0.3, 0.4) is 0 Å². The topological polar surface area (TPSA) is 37.3 Å². The summed E-state index contributed by atoms with van der Waals surface area (Å²) in [5.41, 5.74) is 0.671. The fourth-order valence-corrected chi connectivity index (χ4v) is 2.15. The van der Waals surface area contributed by atoms with Crippen molar-refractivity contribution in [1.82, 2.24) is 0 Å². The van der Waals surface area contributed by atoms with Crippen molar-refractivity contribution in [3.8, 4) is 0 Å². The van der Waals surface area contributed by atoms with Gasteiger partial charge in [0.25, 0.3) is 0 Å². The fraction of sp³-hybridized carbons (Fsp3) is 0.500. The van der Waals surface area contributed by atoms with Gasteiger partial charge in [-0.2, -0.15) is 0 Å². The van der Waals surface area contributed by atoms with Crippen molar-refractivity contribution in [3.05, 3.63) is 35.5 Å². The molecule has 0 amide bonds. The van der Waals surface area contributed by atoms with Crippen molar-refractivity contribution in [2.75, 3.05) is 0 Å². The molecule has 1 aliphatic carbocycles. The van der Waals surface area contributed by atoms with Gasteiger partial charge in [0.2, 0.25) is 0 Å². The van der Waals surface area contributed by atoms with E-state index in [9.17, 15) is 13.6 Å². The van der Waals surface area contributed by atoms with Crippen molar-refractivity contribution in [2.24, 2.45) is 5.92 Å². The van der Waals surface area contributed by atoms with Gasteiger partial charge < -0.3 is 5.11 Å². The smallest absolute Gasteiger partial charge is 0.335 e. The average Bonchev–Trinajstić information content (AvgIpc) is 2.62. The maximum absolute atomic E-state index is 13.1. The first-order valence-electron chi connectivity index (χ1n) is 6.02. The molecule has 0 bridgehead atoms. The van der Waals surface area contributed by atoms with Crippen molar-refractivity contribution < 1.29 is 18.7 Å². The third-order valence-corrected chi connectivity index (χ3v) is 3.05. The second kappa shape index (κ2) is 6.47. The monoisotopic (exact) mass is 256 g/mol. The van der Waals surface area contributed by atoms with Crippen LogP contribution < -0.4 is 0 Å². The van der Waals surface area contributed by atoms with Crippen LogP contribution in [0.5, 0.6) is 0 Å². The lowest BCUT2D eigenvalue weighted by atomic mass is 9.98. The highest BCUT2D eigenvalue weighted by Crippen LogP contribution is 2.33. The number of carboxylic acid groups (broad SMARTS) is 1. The van der Waals surface area contributed by atoms with Crippen molar-refractivity contribution in [2.45, 2.75) is 39.0 Å². The Morgan fingerprint density at radius 1 is 1.22 bits per heavy atom. The Hall–Kier alpha value is -1.45. The molecule has 0 saturated heterocycles. The molecule has 2 nitrogen and oxygen atoms in total. The van der Waals surface area contributed by atoms with Gasteiger partial charge >= 0.3 is 5.97 Å². The first-order valence-corrected chi connectivity index (χ1v) is 6.02. The highest BCUT2D eigenvalue weighted by atomic mass is 19.2. The Balaban J connectivity index is 2.96. The summed E-state index contributed by atoms with van der Waals surface area (Å²) < 4.78 is 26.1. The molecule has 1 fully saturated rings. The number of hydrogen-bond acceptors (Lipinski definition) is 1. The van der Waals surface area contributed by atoms with Crippen LogP contribution in [0.1, 0.15) is 26.7 Å². The second-order valence-electron chi connectivity index (χ2n) is 4.39. The number of hydrogen-bond donors (Lipinski definition) is 1. The number of alkyl halides is 2. The third kappa shape index (κ3) is 3.52. The molecule has 0 heterocycles. The van der Waals surface area contributed by atoms with Gasteiger partial charge in [-0.15, -0.1) is 0 Å². The van der Waals surface area contributed by atoms with E-state index in [0.29, 0.717) is 5.57 Å². The average molecular weight is 256 g/mol. The van der Waals surface area contributed by atoms with Crippen LogP contribution in [0.2, 0.25) is 0 Å². The highest BCUT2D eigenvalue weighted by molar-refractivity contribution is 5.92. The van der Waals surface area contributed by atoms with E-state index in [-0.39, 0.29) is 24.3 Å². The molecule has 18 heavy (non-hydrogen) atoms. The lowest BCUT2D eigenvalue weighted by Gasteiger charge is -2.07. The lowest BCUT2D eigenvalue weighted by Crippen LogP contribution is -2.06. The number of halogens is 2. The van der Waals surface area contributed by atoms with Gasteiger partial charge in [-0.3, -0.25) is 0 Å². The predicted molar refractivity (Wildman–Crippen MR) is 66.8 cm³/mol. The van der Waals surface area contributed by atoms with E-state index in [4.69, 9.17) is 5.11 Å². The Morgan fingerprint density at radius 3 is 2.17 bits per heavy atom. The van der Waals surface area contributed by atoms with Gasteiger partial charge in [-0.25, -0.2) is 13.6 Å². The number of rotatable bonds is 4. The van der Waals surface area contributed by atoms with E-state index in [1.54, 1.807) is 32.1 Å². The van der Waals surface area contributed by atoms with Gasteiger partial charge in [0.05, 0.1) is 5.57 Å². The summed E-state index contributed by atoms with van der Waals surface area (Å²) >= 11 is 0. The molecule has 1 unspecified atom stereocenters. The van der Waals surface area contributed by atoms with Gasteiger partial charge in [-0.05, 0) is 38.2 Å². The molecule has 0 radical (unpaired) electrons. The third-order valence-electron chi connectivity index (χ3n) is 3.05. The van der Waals surface area contributed by atoms with E-state index in [2.05, 4.69) is 0 Å². The van der Waals surface area contributed by atoms with Crippen molar-refractivity contribution in [1.29, 1.82) is 0 Å². The molecule has 1 N–H and O–H groups in total. The Morgan fingerprint density at radius 2 is 1.78 bits per heavy atom. The quantitative estimate of drug-likeness (QED) is 0.616. The van der Waals surface area contributed by atoms with Crippen molar-refractivity contribution >= 4 is 5.97 Å². The molecule has 1 saturated carbocycles. The summed E-state index contributed by atoms with van der Waals surface area (Å²) in [6, 6.07) is 0. The first kappa shape index (κ1) is 14.6. The summed E-state index contributed by atoms with van der Waals surface area (Å²) in [6.45, 7) is 3.52. The second-order valence-corrected chi connectivity index (χ2v) is 4.39. The molecule has 1 aliphatic rings. The molecule has 1 rings (SSSR count). The molecular weight excluding hydrogens is 238 g/mol. The summed E-state index contributed by atoms with van der Waals surface area (Å²) in [5, 5.41) is 9.16. The molecule has 0 aromatic rings. The highest BCUT2D eigenvalue weighted by Gasteiger charge is 2.34. The van der Waals surface area contributed by atoms with Crippen LogP contribution in [0.25, 0.3) is 0 Å². The van der Waals surface area contributed by atoms with Crippen LogP contribution in [-0.2, 0) is 4.79 Å². The minimum Gasteiger partial charge on any atom is -0.478 e. The number of aliphatic carboxylic acids is 1. The summed E-state index contributed by atoms with van der Waals surface area (Å²) in [4.78, 5) is 11.2. The zero-order chi connectivity index (χ0) is 13.7. The minimum atomic E-state index is -1.47. The maximum Gasteiger partial charge on any atom is 0.335 e. The standard InChI is InChI=1S/C14H18F2O2/c1-3-5-10(4-2)11(14(17)18)6-9-7-12(15)13(16)8-9/h3-6,9,12-13H,7-8H2,1-2H3,(H,17,18)/b5-3-,10-4+,11-6+/t9?,12-,13+. The summed E-state index contributed by atoms with van der Waals surface area (Å²) in [6.07, 6.45) is 3.73. The number of carbonyl (C=O) groups is 1. The Kier molecular flexibility index (Phi) is 5.25. The normalized spacial score (nSPS) is 30.1. The van der Waals surface area contributed by atoms with Crippen LogP contribution >= 0.6 is 0 Å². The molecule has 0 aromatic carbocycles. The van der Waals surface area contributed by atoms with E-state index in [1.807, 2.05) is 0 Å². The maximum atomic E-state index is 13.1. The Labute approximate surface area is 106 Å². The van der Waals surface area contributed by atoms with Crippen LogP contribution in [0, 0.1) is 5.92 Å². The minimum absolute atomic E-state index is 0.0603. The lowest BCUT2D eigenvalue weighted by molar-refractivity contribution is -0.132. The molecule has 0 spiro atoms. The van der Waals surface area contributed by atoms with Crippen molar-refractivity contribution in [3.63, 3.8) is 0 Å². The number of carboxylic acids is 1. The van der Waals surface area contributed by atoms with Gasteiger partial charge in [0, 0.05) is 0 Å². The molecule has 0 aromatic heterocycles. The summed E-state index contributed by atoms with van der Waals surface area (Å²) in [7, 11) is 0. The van der Waals surface area contributed by atoms with E-state index >= 15 is 0 Å². The van der Waals surface area contributed by atoms with Gasteiger partial charge in [-0.1, -0.05) is 24.3 Å². The van der Waals surface area contributed by atoms with Crippen LogP contribution in [-0.4, -0.2) is 23.4 Å². The zero-order valence-corrected chi connectivity index (χ0v) is 10.6. The first-order chi connectivity index (χ1) is 8.49.